The first-order valence-corrected chi connectivity index (χ1v) is 16.3. The van der Waals surface area contributed by atoms with Gasteiger partial charge in [-0.15, -0.1) is 0 Å². The van der Waals surface area contributed by atoms with Crippen LogP contribution in [0.4, 0.5) is 0 Å². The standard InChI is InChI=1S/C38H44P/c1-31(26-27-37-33(3)19-16-29-38(37,4)5)17-15-18-32(2)28-30-39(34-20-9-6-10-21-34,35-22-11-7-12-23-35)36-24-13-8-14-25-36/h6-15,17-18,20-28H,16,19,29-30H2,1-5H3/q+1/b18-15+,27-26+,31-17-,32-28+. The molecule has 0 spiro atoms. The Hall–Kier alpha value is -3.21. The average Bonchev–Trinajstić information content (AvgIpc) is 2.94. The third kappa shape index (κ3) is 7.06. The number of allylic oxidation sites excluding steroid dienone is 10. The van der Waals surface area contributed by atoms with E-state index < -0.39 is 7.26 Å². The van der Waals surface area contributed by atoms with E-state index in [0.717, 1.165) is 6.16 Å². The van der Waals surface area contributed by atoms with Crippen LogP contribution in [0.5, 0.6) is 0 Å². The molecule has 0 saturated carbocycles. The van der Waals surface area contributed by atoms with E-state index in [1.807, 2.05) is 0 Å². The summed E-state index contributed by atoms with van der Waals surface area (Å²) in [6.45, 7) is 11.5. The fraction of sp³-hybridized carbons (Fsp3) is 0.263. The van der Waals surface area contributed by atoms with E-state index in [-0.39, 0.29) is 5.41 Å². The Morgan fingerprint density at radius 3 is 1.74 bits per heavy atom. The second-order valence-corrected chi connectivity index (χ2v) is 15.0. The molecule has 0 fully saturated rings. The molecule has 1 aliphatic rings. The van der Waals surface area contributed by atoms with Crippen molar-refractivity contribution in [1.29, 1.82) is 0 Å². The second kappa shape index (κ2) is 13.2. The summed E-state index contributed by atoms with van der Waals surface area (Å²) in [5.41, 5.74) is 5.92. The summed E-state index contributed by atoms with van der Waals surface area (Å²) < 4.78 is 0. The Balaban J connectivity index is 1.60. The molecule has 3 aromatic rings. The number of rotatable bonds is 9. The molecule has 0 aliphatic heterocycles. The van der Waals surface area contributed by atoms with Crippen LogP contribution in [0.2, 0.25) is 0 Å². The lowest BCUT2D eigenvalue weighted by Crippen LogP contribution is -2.33. The van der Waals surface area contributed by atoms with Gasteiger partial charge in [0, 0.05) is 0 Å². The van der Waals surface area contributed by atoms with E-state index in [1.54, 1.807) is 5.57 Å². The van der Waals surface area contributed by atoms with E-state index >= 15 is 0 Å². The quantitative estimate of drug-likeness (QED) is 0.190. The molecule has 200 valence electrons. The molecule has 0 amide bonds. The topological polar surface area (TPSA) is 0 Å². The Morgan fingerprint density at radius 2 is 1.26 bits per heavy atom. The lowest BCUT2D eigenvalue weighted by Gasteiger charge is -2.32. The SMILES string of the molecule is CC1=C(/C=C/C(C)=C\C=C\C(C)=C\C[P+](c2ccccc2)(c2ccccc2)c2ccccc2)C(C)(C)CCC1. The predicted molar refractivity (Wildman–Crippen MR) is 176 cm³/mol. The molecule has 0 N–H and O–H groups in total. The van der Waals surface area contributed by atoms with Crippen molar-refractivity contribution < 1.29 is 0 Å². The minimum atomic E-state index is -1.85. The first-order chi connectivity index (χ1) is 18.8. The number of benzene rings is 3. The maximum absolute atomic E-state index is 2.44. The Bertz CT molecular complexity index is 1270. The largest absolute Gasteiger partial charge is 0.115 e. The predicted octanol–water partition coefficient (Wildman–Crippen LogP) is 9.51. The summed E-state index contributed by atoms with van der Waals surface area (Å²) in [4.78, 5) is 0. The maximum Gasteiger partial charge on any atom is 0.115 e. The van der Waals surface area contributed by atoms with Crippen molar-refractivity contribution in [3.63, 3.8) is 0 Å². The summed E-state index contributed by atoms with van der Waals surface area (Å²) in [6, 6.07) is 33.3. The molecule has 0 atom stereocenters. The molecule has 0 radical (unpaired) electrons. The minimum absolute atomic E-state index is 0.278. The van der Waals surface area contributed by atoms with Crippen molar-refractivity contribution in [2.45, 2.75) is 53.9 Å². The zero-order valence-electron chi connectivity index (χ0n) is 24.4. The van der Waals surface area contributed by atoms with Gasteiger partial charge in [-0.2, -0.15) is 0 Å². The molecule has 0 heterocycles. The van der Waals surface area contributed by atoms with Crippen LogP contribution in [0.15, 0.2) is 150 Å². The lowest BCUT2D eigenvalue weighted by molar-refractivity contribution is 0.377. The highest BCUT2D eigenvalue weighted by atomic mass is 31.2. The van der Waals surface area contributed by atoms with Gasteiger partial charge in [0.15, 0.2) is 0 Å². The summed E-state index contributed by atoms with van der Waals surface area (Å²) in [7, 11) is -1.85. The van der Waals surface area contributed by atoms with Gasteiger partial charge < -0.3 is 0 Å². The van der Waals surface area contributed by atoms with Gasteiger partial charge in [-0.25, -0.2) is 0 Å². The third-order valence-electron chi connectivity index (χ3n) is 8.05. The lowest BCUT2D eigenvalue weighted by atomic mass is 9.72. The van der Waals surface area contributed by atoms with E-state index in [1.165, 1.54) is 51.9 Å². The minimum Gasteiger partial charge on any atom is -0.0696 e. The van der Waals surface area contributed by atoms with Crippen molar-refractivity contribution in [3.05, 3.63) is 150 Å². The number of hydrogen-bond acceptors (Lipinski definition) is 0. The molecule has 39 heavy (non-hydrogen) atoms. The first-order valence-electron chi connectivity index (χ1n) is 14.3. The van der Waals surface area contributed by atoms with E-state index in [2.05, 4.69) is 162 Å². The van der Waals surface area contributed by atoms with E-state index in [9.17, 15) is 0 Å². The van der Waals surface area contributed by atoms with Crippen LogP contribution < -0.4 is 15.9 Å². The molecule has 0 unspecified atom stereocenters. The summed E-state index contributed by atoms with van der Waals surface area (Å²) >= 11 is 0. The van der Waals surface area contributed by atoms with Gasteiger partial charge in [0.1, 0.15) is 23.2 Å². The van der Waals surface area contributed by atoms with Crippen molar-refractivity contribution in [2.75, 3.05) is 6.16 Å². The monoisotopic (exact) mass is 531 g/mol. The summed E-state index contributed by atoms with van der Waals surface area (Å²) in [5.74, 6) is 0. The summed E-state index contributed by atoms with van der Waals surface area (Å²) in [6.07, 6.45) is 18.6. The molecular weight excluding hydrogens is 487 g/mol. The highest BCUT2D eigenvalue weighted by Gasteiger charge is 2.44. The van der Waals surface area contributed by atoms with Crippen molar-refractivity contribution in [1.82, 2.24) is 0 Å². The fourth-order valence-electron chi connectivity index (χ4n) is 5.79. The molecular formula is C38H44P+. The second-order valence-electron chi connectivity index (χ2n) is 11.5. The van der Waals surface area contributed by atoms with Crippen LogP contribution in [-0.4, -0.2) is 6.16 Å². The molecule has 0 aromatic heterocycles. The van der Waals surface area contributed by atoms with Crippen LogP contribution in [0.25, 0.3) is 0 Å². The van der Waals surface area contributed by atoms with Crippen molar-refractivity contribution in [2.24, 2.45) is 5.41 Å². The fourth-order valence-corrected chi connectivity index (χ4v) is 9.92. The van der Waals surface area contributed by atoms with Crippen LogP contribution >= 0.6 is 7.26 Å². The van der Waals surface area contributed by atoms with Gasteiger partial charge in [0.05, 0.1) is 6.16 Å². The van der Waals surface area contributed by atoms with Gasteiger partial charge in [-0.3, -0.25) is 0 Å². The Morgan fingerprint density at radius 1 is 0.744 bits per heavy atom. The first kappa shape index (κ1) is 28.8. The average molecular weight is 532 g/mol. The molecule has 4 rings (SSSR count). The maximum atomic E-state index is 2.44. The Labute approximate surface area is 237 Å². The van der Waals surface area contributed by atoms with Gasteiger partial charge >= 0.3 is 0 Å². The molecule has 3 aromatic carbocycles. The number of hydrogen-bond donors (Lipinski definition) is 0. The van der Waals surface area contributed by atoms with Gasteiger partial charge in [-0.1, -0.05) is 116 Å². The van der Waals surface area contributed by atoms with Gasteiger partial charge in [-0.05, 0) is 93.5 Å². The van der Waals surface area contributed by atoms with Gasteiger partial charge in [0.25, 0.3) is 0 Å². The highest BCUT2D eigenvalue weighted by molar-refractivity contribution is 7.95. The molecule has 0 bridgehead atoms. The molecule has 0 saturated heterocycles. The normalized spacial score (nSPS) is 16.8. The van der Waals surface area contributed by atoms with Crippen LogP contribution in [0, 0.1) is 5.41 Å². The Kier molecular flexibility index (Phi) is 9.77. The smallest absolute Gasteiger partial charge is 0.0696 e. The van der Waals surface area contributed by atoms with Crippen LogP contribution in [-0.2, 0) is 0 Å². The molecule has 0 nitrogen and oxygen atoms in total. The zero-order chi connectivity index (χ0) is 27.7. The molecule has 1 heteroatoms. The van der Waals surface area contributed by atoms with E-state index in [4.69, 9.17) is 0 Å². The highest BCUT2D eigenvalue weighted by Crippen LogP contribution is 2.55. The summed E-state index contributed by atoms with van der Waals surface area (Å²) in [5, 5.41) is 4.27. The van der Waals surface area contributed by atoms with E-state index in [0.29, 0.717) is 0 Å². The van der Waals surface area contributed by atoms with Gasteiger partial charge in [0.2, 0.25) is 0 Å². The third-order valence-corrected chi connectivity index (χ3v) is 12.3. The zero-order valence-corrected chi connectivity index (χ0v) is 25.3. The van der Waals surface area contributed by atoms with Crippen LogP contribution in [0.1, 0.15) is 53.9 Å². The molecule has 1 aliphatic carbocycles. The van der Waals surface area contributed by atoms with Crippen LogP contribution in [0.3, 0.4) is 0 Å². The van der Waals surface area contributed by atoms with Crippen molar-refractivity contribution in [3.8, 4) is 0 Å². The van der Waals surface area contributed by atoms with Crippen molar-refractivity contribution >= 4 is 23.2 Å².